The number of urea groups is 1. The van der Waals surface area contributed by atoms with Crippen LogP contribution in [0.3, 0.4) is 0 Å². The highest BCUT2D eigenvalue weighted by Crippen LogP contribution is 2.25. The number of anilines is 1. The van der Waals surface area contributed by atoms with Crippen LogP contribution in [0.2, 0.25) is 0 Å². The zero-order chi connectivity index (χ0) is 22.6. The third kappa shape index (κ3) is 5.18. The summed E-state index contributed by atoms with van der Waals surface area (Å²) in [6.45, 7) is 3.70. The van der Waals surface area contributed by atoms with E-state index in [4.69, 9.17) is 9.26 Å². The smallest absolute Gasteiger partial charge is 0.323 e. The molecule has 8 heteroatoms. The zero-order valence-corrected chi connectivity index (χ0v) is 19.5. The second-order valence-corrected chi connectivity index (χ2v) is 8.84. The number of carbonyl (C=O) groups excluding carboxylic acids is 1. The van der Waals surface area contributed by atoms with Gasteiger partial charge in [-0.3, -0.25) is 10.2 Å². The van der Waals surface area contributed by atoms with Gasteiger partial charge < -0.3 is 14.2 Å². The van der Waals surface area contributed by atoms with E-state index in [-0.39, 0.29) is 6.03 Å². The van der Waals surface area contributed by atoms with Crippen molar-refractivity contribution in [3.05, 3.63) is 82.8 Å². The van der Waals surface area contributed by atoms with E-state index in [1.165, 1.54) is 5.56 Å². The van der Waals surface area contributed by atoms with Gasteiger partial charge >= 0.3 is 6.03 Å². The average molecular weight is 507 g/mol. The first kappa shape index (κ1) is 21.5. The fraction of sp³-hybridized carbons (Fsp3) is 0.200. The van der Waals surface area contributed by atoms with E-state index in [0.717, 1.165) is 41.0 Å². The Hall–Kier alpha value is -3.36. The number of para-hydroxylation sites is 1. The molecule has 7 nitrogen and oxygen atoms in total. The summed E-state index contributed by atoms with van der Waals surface area (Å²) in [6, 6.07) is 23.2. The van der Waals surface area contributed by atoms with E-state index in [1.54, 1.807) is 0 Å². The molecule has 5 rings (SSSR count). The minimum atomic E-state index is -0.154. The van der Waals surface area contributed by atoms with Crippen LogP contribution in [-0.2, 0) is 6.54 Å². The highest BCUT2D eigenvalue weighted by Gasteiger charge is 2.22. The standard InChI is InChI=1S/C25H23BrN4O3/c26-19-8-10-20(11-9-19)32-21-5-3-4-18(16-21)17-29-12-14-30(15-13-29)25(31)27-24-22-6-1-2-7-23(22)33-28-24/h1-11,16H,12-15,17H2,(H,27,28,31). The van der Waals surface area contributed by atoms with Gasteiger partial charge in [-0.05, 0) is 54.1 Å². The molecule has 2 amide bonds. The summed E-state index contributed by atoms with van der Waals surface area (Å²) in [5.41, 5.74) is 1.83. The number of aromatic nitrogens is 1. The Morgan fingerprint density at radius 1 is 0.970 bits per heavy atom. The molecule has 0 spiro atoms. The molecule has 1 aliphatic rings. The van der Waals surface area contributed by atoms with Gasteiger partial charge in [0.25, 0.3) is 0 Å². The van der Waals surface area contributed by atoms with Gasteiger partial charge in [0.15, 0.2) is 11.4 Å². The Labute approximate surface area is 200 Å². The molecule has 168 valence electrons. The minimum Gasteiger partial charge on any atom is -0.457 e. The number of nitrogens with one attached hydrogen (secondary N) is 1. The normalized spacial score (nSPS) is 14.4. The quantitative estimate of drug-likeness (QED) is 0.374. The Bertz CT molecular complexity index is 1250. The van der Waals surface area contributed by atoms with Gasteiger partial charge in [0, 0.05) is 37.2 Å². The number of amides is 2. The SMILES string of the molecule is O=C(Nc1noc2ccccc12)N1CCN(Cc2cccc(Oc3ccc(Br)cc3)c2)CC1. The molecule has 1 aliphatic heterocycles. The van der Waals surface area contributed by atoms with Crippen molar-refractivity contribution in [2.75, 3.05) is 31.5 Å². The molecule has 0 radical (unpaired) electrons. The molecule has 0 aliphatic carbocycles. The van der Waals surface area contributed by atoms with Gasteiger partial charge in [-0.1, -0.05) is 45.4 Å². The monoisotopic (exact) mass is 506 g/mol. The third-order valence-electron chi connectivity index (χ3n) is 5.62. The molecule has 4 aromatic rings. The molecule has 1 saturated heterocycles. The van der Waals surface area contributed by atoms with Crippen LogP contribution >= 0.6 is 15.9 Å². The first-order valence-electron chi connectivity index (χ1n) is 10.8. The number of nitrogens with zero attached hydrogens (tertiary/aromatic N) is 3. The van der Waals surface area contributed by atoms with Crippen molar-refractivity contribution in [2.24, 2.45) is 0 Å². The summed E-state index contributed by atoms with van der Waals surface area (Å²) in [5, 5.41) is 7.66. The van der Waals surface area contributed by atoms with Crippen molar-refractivity contribution in [3.8, 4) is 11.5 Å². The summed E-state index contributed by atoms with van der Waals surface area (Å²) >= 11 is 3.44. The van der Waals surface area contributed by atoms with Gasteiger partial charge in [-0.25, -0.2) is 4.79 Å². The van der Waals surface area contributed by atoms with Gasteiger partial charge in [0.05, 0.1) is 5.39 Å². The number of carbonyl (C=O) groups is 1. The molecule has 3 aromatic carbocycles. The largest absolute Gasteiger partial charge is 0.457 e. The number of piperazine rings is 1. The fourth-order valence-electron chi connectivity index (χ4n) is 3.87. The number of halogens is 1. The van der Waals surface area contributed by atoms with Crippen molar-refractivity contribution < 1.29 is 14.1 Å². The average Bonchev–Trinajstić information content (AvgIpc) is 3.24. The Morgan fingerprint density at radius 2 is 1.76 bits per heavy atom. The van der Waals surface area contributed by atoms with Crippen LogP contribution in [0.25, 0.3) is 11.0 Å². The van der Waals surface area contributed by atoms with Gasteiger partial charge in [0.1, 0.15) is 11.5 Å². The fourth-order valence-corrected chi connectivity index (χ4v) is 4.13. The Morgan fingerprint density at radius 3 is 2.58 bits per heavy atom. The number of fused-ring (bicyclic) bond motifs is 1. The lowest BCUT2D eigenvalue weighted by atomic mass is 10.2. The van der Waals surface area contributed by atoms with Crippen LogP contribution in [0, 0.1) is 0 Å². The minimum absolute atomic E-state index is 0.154. The van der Waals surface area contributed by atoms with Crippen molar-refractivity contribution in [3.63, 3.8) is 0 Å². The molecule has 1 aromatic heterocycles. The predicted octanol–water partition coefficient (Wildman–Crippen LogP) is 5.73. The first-order chi connectivity index (χ1) is 16.1. The Balaban J connectivity index is 1.14. The van der Waals surface area contributed by atoms with Crippen LogP contribution in [0.4, 0.5) is 10.6 Å². The summed E-state index contributed by atoms with van der Waals surface area (Å²) in [5.74, 6) is 2.07. The van der Waals surface area contributed by atoms with E-state index in [9.17, 15) is 4.79 Å². The number of benzene rings is 3. The van der Waals surface area contributed by atoms with Gasteiger partial charge in [0.2, 0.25) is 0 Å². The maximum absolute atomic E-state index is 12.7. The lowest BCUT2D eigenvalue weighted by Gasteiger charge is -2.34. The molecule has 2 heterocycles. The molecule has 1 fully saturated rings. The van der Waals surface area contributed by atoms with Gasteiger partial charge in [-0.2, -0.15) is 0 Å². The summed E-state index contributed by atoms with van der Waals surface area (Å²) in [7, 11) is 0. The molecule has 33 heavy (non-hydrogen) atoms. The maximum atomic E-state index is 12.7. The molecular formula is C25H23BrN4O3. The highest BCUT2D eigenvalue weighted by atomic mass is 79.9. The number of rotatable bonds is 5. The molecule has 0 unspecified atom stereocenters. The van der Waals surface area contributed by atoms with Crippen LogP contribution < -0.4 is 10.1 Å². The van der Waals surface area contributed by atoms with Crippen molar-refractivity contribution in [2.45, 2.75) is 6.54 Å². The number of hydrogen-bond acceptors (Lipinski definition) is 5. The lowest BCUT2D eigenvalue weighted by Crippen LogP contribution is -2.49. The van der Waals surface area contributed by atoms with E-state index in [2.05, 4.69) is 43.4 Å². The Kier molecular flexibility index (Phi) is 6.28. The second kappa shape index (κ2) is 9.64. The van der Waals surface area contributed by atoms with Crippen LogP contribution in [0.15, 0.2) is 81.8 Å². The third-order valence-corrected chi connectivity index (χ3v) is 6.14. The van der Waals surface area contributed by atoms with Crippen molar-refractivity contribution in [1.29, 1.82) is 0 Å². The zero-order valence-electron chi connectivity index (χ0n) is 17.9. The van der Waals surface area contributed by atoms with E-state index in [0.29, 0.717) is 24.5 Å². The van der Waals surface area contributed by atoms with Crippen LogP contribution in [-0.4, -0.2) is 47.2 Å². The first-order valence-corrected chi connectivity index (χ1v) is 11.6. The predicted molar refractivity (Wildman–Crippen MR) is 131 cm³/mol. The molecular weight excluding hydrogens is 484 g/mol. The number of hydrogen-bond donors (Lipinski definition) is 1. The van der Waals surface area contributed by atoms with Crippen LogP contribution in [0.1, 0.15) is 5.56 Å². The summed E-state index contributed by atoms with van der Waals surface area (Å²) < 4.78 is 12.3. The van der Waals surface area contributed by atoms with E-state index in [1.807, 2.05) is 65.6 Å². The summed E-state index contributed by atoms with van der Waals surface area (Å²) in [4.78, 5) is 16.9. The topological polar surface area (TPSA) is 70.8 Å². The maximum Gasteiger partial charge on any atom is 0.323 e. The molecule has 1 N–H and O–H groups in total. The summed E-state index contributed by atoms with van der Waals surface area (Å²) in [6.07, 6.45) is 0. The second-order valence-electron chi connectivity index (χ2n) is 7.92. The van der Waals surface area contributed by atoms with Crippen molar-refractivity contribution >= 4 is 38.7 Å². The van der Waals surface area contributed by atoms with E-state index >= 15 is 0 Å². The van der Waals surface area contributed by atoms with E-state index < -0.39 is 0 Å². The highest BCUT2D eigenvalue weighted by molar-refractivity contribution is 9.10. The lowest BCUT2D eigenvalue weighted by molar-refractivity contribution is 0.143. The molecule has 0 atom stereocenters. The van der Waals surface area contributed by atoms with Gasteiger partial charge in [-0.15, -0.1) is 0 Å². The number of ether oxygens (including phenoxy) is 1. The van der Waals surface area contributed by atoms with Crippen molar-refractivity contribution in [1.82, 2.24) is 15.0 Å². The van der Waals surface area contributed by atoms with Crippen LogP contribution in [0.5, 0.6) is 11.5 Å². The molecule has 0 bridgehead atoms. The molecule has 0 saturated carbocycles.